The van der Waals surface area contributed by atoms with Crippen LogP contribution in [-0.2, 0) is 0 Å². The van der Waals surface area contributed by atoms with Crippen LogP contribution in [0.25, 0.3) is 0 Å². The maximum Gasteiger partial charge on any atom is 0.278 e. The molecular weight excluding hydrogens is 268 g/mol. The SMILES string of the molecule is CCCCCN(CCCCC)C(=O)S.NC(=O)S. The van der Waals surface area contributed by atoms with Gasteiger partial charge in [0.05, 0.1) is 0 Å². The van der Waals surface area contributed by atoms with Crippen molar-refractivity contribution in [3.63, 3.8) is 0 Å². The van der Waals surface area contributed by atoms with Crippen LogP contribution in [0, 0.1) is 0 Å². The number of hydrogen-bond acceptors (Lipinski definition) is 2. The maximum atomic E-state index is 11.1. The third-order valence-electron chi connectivity index (χ3n) is 2.33. The first-order chi connectivity index (χ1) is 8.45. The molecule has 18 heavy (non-hydrogen) atoms. The van der Waals surface area contributed by atoms with Crippen LogP contribution in [-0.4, -0.2) is 28.5 Å². The van der Waals surface area contributed by atoms with Gasteiger partial charge in [0.2, 0.25) is 0 Å². The summed E-state index contributed by atoms with van der Waals surface area (Å²) in [4.78, 5) is 22.1. The van der Waals surface area contributed by atoms with Gasteiger partial charge in [-0.1, -0.05) is 64.8 Å². The van der Waals surface area contributed by atoms with Crippen LogP contribution in [0.3, 0.4) is 0 Å². The van der Waals surface area contributed by atoms with Gasteiger partial charge in [-0.15, -0.1) is 0 Å². The first-order valence-electron chi connectivity index (χ1n) is 6.41. The second-order valence-electron chi connectivity index (χ2n) is 4.02. The lowest BCUT2D eigenvalue weighted by molar-refractivity contribution is 0.221. The quantitative estimate of drug-likeness (QED) is 0.472. The van der Waals surface area contributed by atoms with Crippen molar-refractivity contribution in [2.75, 3.05) is 13.1 Å². The first kappa shape index (κ1) is 20.0. The smallest absolute Gasteiger partial charge is 0.278 e. The number of thiol groups is 2. The van der Waals surface area contributed by atoms with Crippen molar-refractivity contribution in [3.8, 4) is 0 Å². The van der Waals surface area contributed by atoms with Gasteiger partial charge in [0, 0.05) is 13.1 Å². The van der Waals surface area contributed by atoms with Crippen molar-refractivity contribution >= 4 is 35.7 Å². The topological polar surface area (TPSA) is 63.4 Å². The molecule has 0 atom stereocenters. The summed E-state index contributed by atoms with van der Waals surface area (Å²) in [5.41, 5.74) is 4.34. The minimum Gasteiger partial charge on any atom is -0.361 e. The van der Waals surface area contributed by atoms with Crippen molar-refractivity contribution < 1.29 is 9.59 Å². The molecule has 0 heterocycles. The number of nitrogens with two attached hydrogens (primary N) is 1. The van der Waals surface area contributed by atoms with E-state index in [9.17, 15) is 4.79 Å². The summed E-state index contributed by atoms with van der Waals surface area (Å²) in [5.74, 6) is 0. The lowest BCUT2D eigenvalue weighted by Gasteiger charge is -2.19. The van der Waals surface area contributed by atoms with Gasteiger partial charge in [-0.05, 0) is 12.8 Å². The van der Waals surface area contributed by atoms with Gasteiger partial charge in [-0.3, -0.25) is 9.59 Å². The van der Waals surface area contributed by atoms with Gasteiger partial charge >= 0.3 is 0 Å². The summed E-state index contributed by atoms with van der Waals surface area (Å²) in [6, 6.07) is 0. The summed E-state index contributed by atoms with van der Waals surface area (Å²) in [5, 5.41) is -0.711. The zero-order chi connectivity index (χ0) is 14.4. The molecule has 0 aromatic rings. The predicted molar refractivity (Wildman–Crippen MR) is 83.6 cm³/mol. The Labute approximate surface area is 121 Å². The fourth-order valence-corrected chi connectivity index (χ4v) is 1.61. The van der Waals surface area contributed by atoms with E-state index in [0.29, 0.717) is 0 Å². The zero-order valence-corrected chi connectivity index (χ0v) is 13.2. The molecule has 0 saturated heterocycles. The highest BCUT2D eigenvalue weighted by Gasteiger charge is 2.07. The van der Waals surface area contributed by atoms with E-state index in [-0.39, 0.29) is 5.24 Å². The molecule has 2 N–H and O–H groups in total. The van der Waals surface area contributed by atoms with Gasteiger partial charge in [0.15, 0.2) is 0 Å². The molecule has 0 aromatic carbocycles. The second kappa shape index (κ2) is 14.7. The highest BCUT2D eigenvalue weighted by atomic mass is 32.1. The number of unbranched alkanes of at least 4 members (excludes halogenated alkanes) is 4. The Morgan fingerprint density at radius 3 is 1.50 bits per heavy atom. The van der Waals surface area contributed by atoms with Crippen LogP contribution in [0.4, 0.5) is 9.59 Å². The number of rotatable bonds is 8. The number of primary amides is 1. The molecule has 0 fully saturated rings. The van der Waals surface area contributed by atoms with E-state index < -0.39 is 5.24 Å². The van der Waals surface area contributed by atoms with Crippen molar-refractivity contribution in [2.24, 2.45) is 5.73 Å². The maximum absolute atomic E-state index is 11.1. The molecular formula is C12H26N2O2S2. The highest BCUT2D eigenvalue weighted by molar-refractivity contribution is 7.96. The number of hydrogen-bond donors (Lipinski definition) is 3. The fraction of sp³-hybridized carbons (Fsp3) is 0.833. The minimum absolute atomic E-state index is 0.0720. The van der Waals surface area contributed by atoms with Crippen LogP contribution in [0.5, 0.6) is 0 Å². The monoisotopic (exact) mass is 294 g/mol. The Kier molecular flexibility index (Phi) is 16.3. The molecule has 0 aliphatic heterocycles. The third-order valence-corrected chi connectivity index (χ3v) is 2.62. The van der Waals surface area contributed by atoms with Crippen LogP contribution >= 0.6 is 25.3 Å². The molecule has 4 nitrogen and oxygen atoms in total. The second-order valence-corrected chi connectivity index (χ2v) is 4.85. The van der Waals surface area contributed by atoms with Gasteiger partial charge in [-0.2, -0.15) is 0 Å². The molecule has 0 aliphatic carbocycles. The molecule has 0 aliphatic rings. The van der Waals surface area contributed by atoms with E-state index in [1.54, 1.807) is 0 Å². The molecule has 0 radical (unpaired) electrons. The Morgan fingerprint density at radius 1 is 0.944 bits per heavy atom. The number of amides is 2. The Bertz CT molecular complexity index is 212. The molecule has 6 heteroatoms. The van der Waals surface area contributed by atoms with Gasteiger partial charge in [0.1, 0.15) is 0 Å². The molecule has 0 spiro atoms. The van der Waals surface area contributed by atoms with Crippen LogP contribution in [0.15, 0.2) is 0 Å². The van der Waals surface area contributed by atoms with Crippen LogP contribution < -0.4 is 5.73 Å². The standard InChI is InChI=1S/C11H23NOS.CH3NOS/c1-3-5-7-9-12(11(13)14)10-8-6-4-2;2-1(3)4/h3-10H2,1-2H3,(H,13,14);(H3,2,3,4). The fourth-order valence-electron chi connectivity index (χ4n) is 1.41. The van der Waals surface area contributed by atoms with Gasteiger partial charge in [0.25, 0.3) is 10.5 Å². The zero-order valence-electron chi connectivity index (χ0n) is 11.4. The molecule has 0 bridgehead atoms. The molecule has 0 saturated carbocycles. The predicted octanol–water partition coefficient (Wildman–Crippen LogP) is 3.71. The summed E-state index contributed by atoms with van der Waals surface area (Å²) < 4.78 is 0. The van der Waals surface area contributed by atoms with Gasteiger partial charge < -0.3 is 10.6 Å². The Balaban J connectivity index is 0. The van der Waals surface area contributed by atoms with E-state index in [0.717, 1.165) is 25.9 Å². The van der Waals surface area contributed by atoms with E-state index in [4.69, 9.17) is 4.79 Å². The number of nitrogens with zero attached hydrogens (tertiary/aromatic N) is 1. The van der Waals surface area contributed by atoms with E-state index >= 15 is 0 Å². The molecule has 0 unspecified atom stereocenters. The first-order valence-corrected chi connectivity index (χ1v) is 7.31. The molecule has 0 rings (SSSR count). The highest BCUT2D eigenvalue weighted by Crippen LogP contribution is 2.05. The summed E-state index contributed by atoms with van der Waals surface area (Å²) in [6.07, 6.45) is 7.01. The summed E-state index contributed by atoms with van der Waals surface area (Å²) in [6.45, 7) is 6.09. The van der Waals surface area contributed by atoms with Crippen molar-refractivity contribution in [1.82, 2.24) is 4.90 Å². The lowest BCUT2D eigenvalue weighted by Crippen LogP contribution is -2.28. The van der Waals surface area contributed by atoms with Gasteiger partial charge in [-0.25, -0.2) is 0 Å². The lowest BCUT2D eigenvalue weighted by atomic mass is 10.2. The van der Waals surface area contributed by atoms with Crippen LogP contribution in [0.1, 0.15) is 52.4 Å². The minimum atomic E-state index is -0.639. The number of carbonyl (C=O) groups is 2. The Morgan fingerprint density at radius 2 is 1.28 bits per heavy atom. The largest absolute Gasteiger partial charge is 0.361 e. The van der Waals surface area contributed by atoms with E-state index in [1.165, 1.54) is 25.7 Å². The average Bonchev–Trinajstić information content (AvgIpc) is 2.26. The van der Waals surface area contributed by atoms with Crippen molar-refractivity contribution in [3.05, 3.63) is 0 Å². The molecule has 108 valence electrons. The number of carbonyl (C=O) groups excluding carboxylic acids is 2. The van der Waals surface area contributed by atoms with E-state index in [2.05, 4.69) is 44.8 Å². The third kappa shape index (κ3) is 18.0. The van der Waals surface area contributed by atoms with E-state index in [1.807, 2.05) is 4.90 Å². The summed E-state index contributed by atoms with van der Waals surface area (Å²) >= 11 is 6.99. The molecule has 0 aromatic heterocycles. The summed E-state index contributed by atoms with van der Waals surface area (Å²) in [7, 11) is 0. The Hall–Kier alpha value is -0.360. The van der Waals surface area contributed by atoms with Crippen LogP contribution in [0.2, 0.25) is 0 Å². The normalized spacial score (nSPS) is 9.33. The average molecular weight is 294 g/mol. The molecule has 2 amide bonds. The van der Waals surface area contributed by atoms with Crippen molar-refractivity contribution in [1.29, 1.82) is 0 Å². The van der Waals surface area contributed by atoms with Crippen molar-refractivity contribution in [2.45, 2.75) is 52.4 Å².